The number of benzene rings is 1. The maximum Gasteiger partial charge on any atom is 0.408 e. The lowest BCUT2D eigenvalue weighted by molar-refractivity contribution is -0.143. The number of nitrogens with one attached hydrogen (secondary N) is 2. The molecule has 0 aliphatic heterocycles. The number of hydrogen-bond donors (Lipinski definition) is 3. The second-order valence-corrected chi connectivity index (χ2v) is 11.2. The molecule has 0 spiro atoms. The first-order valence-electron chi connectivity index (χ1n) is 11.9. The van der Waals surface area contributed by atoms with Crippen LogP contribution in [0.4, 0.5) is 4.79 Å². The van der Waals surface area contributed by atoms with Crippen molar-refractivity contribution >= 4 is 17.9 Å². The first kappa shape index (κ1) is 29.3. The van der Waals surface area contributed by atoms with E-state index >= 15 is 0 Å². The molecule has 192 valence electrons. The molecule has 0 saturated carbocycles. The summed E-state index contributed by atoms with van der Waals surface area (Å²) >= 11 is 0. The van der Waals surface area contributed by atoms with E-state index in [9.17, 15) is 19.5 Å². The van der Waals surface area contributed by atoms with Gasteiger partial charge in [-0.3, -0.25) is 9.59 Å². The van der Waals surface area contributed by atoms with Gasteiger partial charge in [-0.25, -0.2) is 4.79 Å². The van der Waals surface area contributed by atoms with Gasteiger partial charge in [0, 0.05) is 11.6 Å². The number of carbonyl (C=O) groups excluding carboxylic acids is 3. The van der Waals surface area contributed by atoms with E-state index in [2.05, 4.69) is 24.5 Å². The molecule has 0 aromatic heterocycles. The molecular weight excluding hydrogens is 434 g/mol. The number of aromatic hydroxyl groups is 1. The van der Waals surface area contributed by atoms with Crippen LogP contribution in [-0.2, 0) is 14.3 Å². The van der Waals surface area contributed by atoms with E-state index in [0.29, 0.717) is 17.9 Å². The van der Waals surface area contributed by atoms with Gasteiger partial charge in [0.15, 0.2) is 0 Å². The lowest BCUT2D eigenvalue weighted by Gasteiger charge is -2.38. The fraction of sp³-hybridized carbons (Fsp3) is 0.654. The normalized spacial score (nSPS) is 13.7. The van der Waals surface area contributed by atoms with Gasteiger partial charge in [0.25, 0.3) is 0 Å². The summed E-state index contributed by atoms with van der Waals surface area (Å²) in [6.45, 7) is 16.6. The first-order chi connectivity index (χ1) is 15.5. The van der Waals surface area contributed by atoms with E-state index < -0.39 is 29.2 Å². The fourth-order valence-corrected chi connectivity index (χ4v) is 3.48. The van der Waals surface area contributed by atoms with E-state index in [1.165, 1.54) is 17.0 Å². The van der Waals surface area contributed by atoms with Gasteiger partial charge in [0.05, 0.1) is 0 Å². The Labute approximate surface area is 204 Å². The Kier molecular flexibility index (Phi) is 10.4. The Balaban J connectivity index is 3.36. The summed E-state index contributed by atoms with van der Waals surface area (Å²) in [7, 11) is 0. The largest absolute Gasteiger partial charge is 0.508 e. The summed E-state index contributed by atoms with van der Waals surface area (Å²) < 4.78 is 5.25. The molecule has 0 radical (unpaired) electrons. The highest BCUT2D eigenvalue weighted by atomic mass is 16.6. The van der Waals surface area contributed by atoms with Crippen molar-refractivity contribution in [1.82, 2.24) is 15.5 Å². The molecule has 1 aromatic carbocycles. The summed E-state index contributed by atoms with van der Waals surface area (Å²) in [5.74, 6) is -0.360. The third kappa shape index (κ3) is 10.4. The van der Waals surface area contributed by atoms with Crippen molar-refractivity contribution < 1.29 is 24.2 Å². The average Bonchev–Trinajstić information content (AvgIpc) is 2.65. The van der Waals surface area contributed by atoms with Gasteiger partial charge in [0.2, 0.25) is 11.8 Å². The van der Waals surface area contributed by atoms with Gasteiger partial charge in [0.1, 0.15) is 23.9 Å². The van der Waals surface area contributed by atoms with E-state index in [-0.39, 0.29) is 24.2 Å². The maximum atomic E-state index is 13.5. The standard InChI is InChI=1S/C26H43N3O5/c1-17(2)13-14-18(3)29(21(31)16-27-24(33)34-26(7,8)9)22(23(32)28-25(4,5)6)19-11-10-12-20(30)15-19/h10-12,15,17-18,22,30H,13-14,16H2,1-9H3,(H,27,33)(H,28,32). The van der Waals surface area contributed by atoms with Crippen molar-refractivity contribution in [3.8, 4) is 5.75 Å². The van der Waals surface area contributed by atoms with Crippen molar-refractivity contribution in [3.05, 3.63) is 29.8 Å². The molecule has 0 bridgehead atoms. The van der Waals surface area contributed by atoms with Crippen LogP contribution in [-0.4, -0.2) is 51.6 Å². The predicted octanol–water partition coefficient (Wildman–Crippen LogP) is 4.53. The zero-order chi connectivity index (χ0) is 26.3. The monoisotopic (exact) mass is 477 g/mol. The Morgan fingerprint density at radius 2 is 1.65 bits per heavy atom. The molecule has 8 nitrogen and oxygen atoms in total. The minimum Gasteiger partial charge on any atom is -0.508 e. The van der Waals surface area contributed by atoms with Gasteiger partial charge in [-0.2, -0.15) is 0 Å². The number of phenolic OH excluding ortho intramolecular Hbond substituents is 1. The van der Waals surface area contributed by atoms with Gasteiger partial charge >= 0.3 is 6.09 Å². The summed E-state index contributed by atoms with van der Waals surface area (Å²) in [5, 5.41) is 15.6. The fourth-order valence-electron chi connectivity index (χ4n) is 3.48. The smallest absolute Gasteiger partial charge is 0.408 e. The van der Waals surface area contributed by atoms with Crippen LogP contribution in [0.1, 0.15) is 86.8 Å². The zero-order valence-electron chi connectivity index (χ0n) is 22.2. The molecule has 0 aliphatic carbocycles. The Bertz CT molecular complexity index is 840. The molecule has 2 unspecified atom stereocenters. The van der Waals surface area contributed by atoms with Crippen LogP contribution >= 0.6 is 0 Å². The third-order valence-corrected chi connectivity index (χ3v) is 4.92. The van der Waals surface area contributed by atoms with Crippen LogP contribution in [0.2, 0.25) is 0 Å². The SMILES string of the molecule is CC(C)CCC(C)N(C(=O)CNC(=O)OC(C)(C)C)C(C(=O)NC(C)(C)C)c1cccc(O)c1. The van der Waals surface area contributed by atoms with E-state index in [4.69, 9.17) is 4.74 Å². The quantitative estimate of drug-likeness (QED) is 0.484. The molecule has 2 atom stereocenters. The highest BCUT2D eigenvalue weighted by Gasteiger charge is 2.36. The topological polar surface area (TPSA) is 108 Å². The van der Waals surface area contributed by atoms with E-state index in [0.717, 1.165) is 6.42 Å². The second kappa shape index (κ2) is 12.1. The number of phenols is 1. The molecule has 8 heteroatoms. The minimum absolute atomic E-state index is 0.000158. The van der Waals surface area contributed by atoms with E-state index in [1.807, 2.05) is 27.7 Å². The second-order valence-electron chi connectivity index (χ2n) is 11.2. The molecular formula is C26H43N3O5. The molecule has 1 rings (SSSR count). The third-order valence-electron chi connectivity index (χ3n) is 4.92. The number of ether oxygens (including phenoxy) is 1. The van der Waals surface area contributed by atoms with Crippen molar-refractivity contribution in [3.63, 3.8) is 0 Å². The van der Waals surface area contributed by atoms with Gasteiger partial charge < -0.3 is 25.4 Å². The molecule has 1 aromatic rings. The van der Waals surface area contributed by atoms with Gasteiger partial charge in [-0.05, 0) is 84.9 Å². The van der Waals surface area contributed by atoms with Crippen LogP contribution in [0, 0.1) is 5.92 Å². The van der Waals surface area contributed by atoms with Gasteiger partial charge in [-0.1, -0.05) is 26.0 Å². The lowest BCUT2D eigenvalue weighted by atomic mass is 9.97. The van der Waals surface area contributed by atoms with Crippen molar-refractivity contribution in [2.24, 2.45) is 5.92 Å². The number of nitrogens with zero attached hydrogens (tertiary/aromatic N) is 1. The first-order valence-corrected chi connectivity index (χ1v) is 11.9. The lowest BCUT2D eigenvalue weighted by Crippen LogP contribution is -2.53. The highest BCUT2D eigenvalue weighted by Crippen LogP contribution is 2.29. The Hall–Kier alpha value is -2.77. The summed E-state index contributed by atoms with van der Waals surface area (Å²) in [6, 6.07) is 5.07. The highest BCUT2D eigenvalue weighted by molar-refractivity contribution is 5.91. The molecule has 0 saturated heterocycles. The Morgan fingerprint density at radius 3 is 2.15 bits per heavy atom. The molecule has 3 amide bonds. The Morgan fingerprint density at radius 1 is 1.03 bits per heavy atom. The van der Waals surface area contributed by atoms with Crippen LogP contribution in [0.5, 0.6) is 5.75 Å². The number of rotatable bonds is 9. The molecule has 0 aliphatic rings. The summed E-state index contributed by atoms with van der Waals surface area (Å²) in [6.07, 6.45) is 0.829. The number of alkyl carbamates (subject to hydrolysis) is 1. The van der Waals surface area contributed by atoms with Crippen molar-refractivity contribution in [1.29, 1.82) is 0 Å². The molecule has 0 heterocycles. The molecule has 3 N–H and O–H groups in total. The van der Waals surface area contributed by atoms with Crippen LogP contribution in [0.25, 0.3) is 0 Å². The molecule has 34 heavy (non-hydrogen) atoms. The number of amides is 3. The van der Waals surface area contributed by atoms with Crippen molar-refractivity contribution in [2.45, 2.75) is 98.4 Å². The van der Waals surface area contributed by atoms with Gasteiger partial charge in [-0.15, -0.1) is 0 Å². The van der Waals surface area contributed by atoms with Crippen LogP contribution in [0.15, 0.2) is 24.3 Å². The maximum absolute atomic E-state index is 13.5. The molecule has 0 fully saturated rings. The number of carbonyl (C=O) groups is 3. The average molecular weight is 478 g/mol. The predicted molar refractivity (Wildman–Crippen MR) is 133 cm³/mol. The number of hydrogen-bond acceptors (Lipinski definition) is 5. The van der Waals surface area contributed by atoms with Crippen molar-refractivity contribution in [2.75, 3.05) is 6.54 Å². The summed E-state index contributed by atoms with van der Waals surface area (Å²) in [5.41, 5.74) is -0.742. The minimum atomic E-state index is -0.985. The van der Waals surface area contributed by atoms with Crippen LogP contribution in [0.3, 0.4) is 0 Å². The van der Waals surface area contributed by atoms with E-state index in [1.54, 1.807) is 32.9 Å². The zero-order valence-corrected chi connectivity index (χ0v) is 22.2. The van der Waals surface area contributed by atoms with Crippen LogP contribution < -0.4 is 10.6 Å². The summed E-state index contributed by atoms with van der Waals surface area (Å²) in [4.78, 5) is 40.6.